The fraction of sp³-hybridized carbons (Fsp3) is 0.462. The molecule has 1 aliphatic heterocycles. The Balaban J connectivity index is 2.13. The Morgan fingerprint density at radius 1 is 1.25 bits per heavy atom. The molecule has 0 N–H and O–H groups in total. The van der Waals surface area contributed by atoms with E-state index < -0.39 is 0 Å². The van der Waals surface area contributed by atoms with Crippen LogP contribution >= 0.6 is 27.5 Å². The lowest BCUT2D eigenvalue weighted by molar-refractivity contribution is -0.128. The molecule has 1 fully saturated rings. The Labute approximate surface area is 131 Å². The second kappa shape index (κ2) is 6.54. The molecule has 0 saturated carbocycles. The van der Waals surface area contributed by atoms with Gasteiger partial charge in [0.15, 0.2) is 0 Å². The molecule has 2 amide bonds. The van der Waals surface area contributed by atoms with Gasteiger partial charge in [-0.05, 0) is 28.4 Å². The number of hydrogen-bond donors (Lipinski definition) is 0. The summed E-state index contributed by atoms with van der Waals surface area (Å²) in [5.41, 5.74) is 0.386. The van der Waals surface area contributed by atoms with Crippen molar-refractivity contribution in [2.24, 2.45) is 0 Å². The number of amides is 2. The zero-order valence-electron chi connectivity index (χ0n) is 11.1. The summed E-state index contributed by atoms with van der Waals surface area (Å²) in [4.78, 5) is 31.3. The molecule has 0 spiro atoms. The minimum Gasteiger partial charge on any atom is -0.341 e. The van der Waals surface area contributed by atoms with Crippen molar-refractivity contribution < 1.29 is 9.59 Å². The van der Waals surface area contributed by atoms with E-state index in [9.17, 15) is 9.59 Å². The third-order valence-electron chi connectivity index (χ3n) is 3.26. The predicted octanol–water partition coefficient (Wildman–Crippen LogP) is 2.19. The van der Waals surface area contributed by atoms with E-state index in [1.165, 1.54) is 0 Å². The molecule has 0 unspecified atom stereocenters. The summed E-state index contributed by atoms with van der Waals surface area (Å²) in [6.45, 7) is 3.92. The third kappa shape index (κ3) is 3.49. The number of aromatic nitrogens is 1. The van der Waals surface area contributed by atoms with Crippen molar-refractivity contribution in [1.82, 2.24) is 14.8 Å². The van der Waals surface area contributed by atoms with Crippen LogP contribution in [0.1, 0.15) is 23.7 Å². The van der Waals surface area contributed by atoms with E-state index in [2.05, 4.69) is 20.9 Å². The lowest BCUT2D eigenvalue weighted by atomic mass is 10.2. The van der Waals surface area contributed by atoms with Crippen LogP contribution < -0.4 is 0 Å². The molecule has 1 aromatic rings. The number of rotatable bonds is 1. The van der Waals surface area contributed by atoms with E-state index in [1.807, 2.05) is 0 Å². The highest BCUT2D eigenvalue weighted by molar-refractivity contribution is 9.10. The molecule has 1 aliphatic rings. The van der Waals surface area contributed by atoms with Gasteiger partial charge < -0.3 is 9.80 Å². The number of hydrogen-bond acceptors (Lipinski definition) is 3. The van der Waals surface area contributed by atoms with Gasteiger partial charge in [0.1, 0.15) is 5.15 Å². The molecule has 0 radical (unpaired) electrons. The Morgan fingerprint density at radius 2 is 1.90 bits per heavy atom. The topological polar surface area (TPSA) is 53.5 Å². The lowest BCUT2D eigenvalue weighted by Gasteiger charge is -2.21. The van der Waals surface area contributed by atoms with Crippen molar-refractivity contribution in [3.63, 3.8) is 0 Å². The Hall–Kier alpha value is -1.14. The molecular weight excluding hydrogens is 346 g/mol. The van der Waals surface area contributed by atoms with Gasteiger partial charge in [-0.1, -0.05) is 11.6 Å². The average molecular weight is 361 g/mol. The van der Waals surface area contributed by atoms with Gasteiger partial charge >= 0.3 is 0 Å². The summed E-state index contributed by atoms with van der Waals surface area (Å²) in [7, 11) is 0. The average Bonchev–Trinajstić information content (AvgIpc) is 2.66. The SMILES string of the molecule is CC(=O)N1CCCN(C(=O)c2cc(Br)cnc2Cl)CC1. The molecule has 0 atom stereocenters. The van der Waals surface area contributed by atoms with Crippen LogP contribution in [0.2, 0.25) is 5.15 Å². The lowest BCUT2D eigenvalue weighted by Crippen LogP contribution is -2.36. The first-order valence-electron chi connectivity index (χ1n) is 6.35. The van der Waals surface area contributed by atoms with Crippen LogP contribution in [0.3, 0.4) is 0 Å². The number of nitrogens with zero attached hydrogens (tertiary/aromatic N) is 3. The third-order valence-corrected chi connectivity index (χ3v) is 4.00. The van der Waals surface area contributed by atoms with Gasteiger partial charge in [-0.15, -0.1) is 0 Å². The fourth-order valence-corrected chi connectivity index (χ4v) is 2.69. The van der Waals surface area contributed by atoms with E-state index in [4.69, 9.17) is 11.6 Å². The van der Waals surface area contributed by atoms with Crippen LogP contribution in [0.4, 0.5) is 0 Å². The minimum absolute atomic E-state index is 0.0430. The van der Waals surface area contributed by atoms with Crippen LogP contribution in [0, 0.1) is 0 Å². The van der Waals surface area contributed by atoms with Gasteiger partial charge in [0.05, 0.1) is 5.56 Å². The summed E-state index contributed by atoms with van der Waals surface area (Å²) in [5.74, 6) is -0.101. The highest BCUT2D eigenvalue weighted by Gasteiger charge is 2.23. The van der Waals surface area contributed by atoms with Crippen molar-refractivity contribution in [1.29, 1.82) is 0 Å². The van der Waals surface area contributed by atoms with Gasteiger partial charge in [-0.2, -0.15) is 0 Å². The zero-order chi connectivity index (χ0) is 14.7. The maximum Gasteiger partial charge on any atom is 0.257 e. The first-order chi connectivity index (χ1) is 9.49. The van der Waals surface area contributed by atoms with Gasteiger partial charge in [0.25, 0.3) is 5.91 Å². The minimum atomic E-state index is -0.144. The normalized spacial score (nSPS) is 15.9. The molecule has 1 saturated heterocycles. The van der Waals surface area contributed by atoms with E-state index in [1.54, 1.807) is 29.0 Å². The van der Waals surface area contributed by atoms with Crippen molar-refractivity contribution in [3.8, 4) is 0 Å². The van der Waals surface area contributed by atoms with Crippen molar-refractivity contribution >= 4 is 39.3 Å². The molecule has 0 bridgehead atoms. The van der Waals surface area contributed by atoms with Crippen LogP contribution in [0.25, 0.3) is 0 Å². The van der Waals surface area contributed by atoms with Gasteiger partial charge in [0.2, 0.25) is 5.91 Å². The molecule has 1 aromatic heterocycles. The number of carbonyl (C=O) groups is 2. The van der Waals surface area contributed by atoms with Crippen LogP contribution in [0.5, 0.6) is 0 Å². The molecule has 2 rings (SSSR count). The molecule has 0 aliphatic carbocycles. The first kappa shape index (κ1) is 15.3. The summed E-state index contributed by atoms with van der Waals surface area (Å²) < 4.78 is 0.713. The van der Waals surface area contributed by atoms with E-state index >= 15 is 0 Å². The molecule has 7 heteroatoms. The van der Waals surface area contributed by atoms with Crippen LogP contribution in [-0.2, 0) is 4.79 Å². The largest absolute Gasteiger partial charge is 0.341 e. The fourth-order valence-electron chi connectivity index (χ4n) is 2.18. The van der Waals surface area contributed by atoms with E-state index in [-0.39, 0.29) is 17.0 Å². The van der Waals surface area contributed by atoms with Crippen LogP contribution in [0.15, 0.2) is 16.7 Å². The summed E-state index contributed by atoms with van der Waals surface area (Å²) >= 11 is 9.27. The summed E-state index contributed by atoms with van der Waals surface area (Å²) in [5, 5.41) is 0.200. The number of halogens is 2. The van der Waals surface area contributed by atoms with E-state index in [0.29, 0.717) is 36.2 Å². The van der Waals surface area contributed by atoms with Gasteiger partial charge in [0, 0.05) is 43.8 Å². The molecule has 20 heavy (non-hydrogen) atoms. The second-order valence-corrected chi connectivity index (χ2v) is 5.92. The Morgan fingerprint density at radius 3 is 2.60 bits per heavy atom. The molecule has 2 heterocycles. The monoisotopic (exact) mass is 359 g/mol. The van der Waals surface area contributed by atoms with Gasteiger partial charge in [-0.25, -0.2) is 4.98 Å². The first-order valence-corrected chi connectivity index (χ1v) is 7.52. The second-order valence-electron chi connectivity index (χ2n) is 4.64. The number of pyridine rings is 1. The zero-order valence-corrected chi connectivity index (χ0v) is 13.4. The van der Waals surface area contributed by atoms with Crippen molar-refractivity contribution in [2.45, 2.75) is 13.3 Å². The molecular formula is C13H15BrClN3O2. The van der Waals surface area contributed by atoms with Crippen molar-refractivity contribution in [2.75, 3.05) is 26.2 Å². The molecule has 0 aromatic carbocycles. The maximum atomic E-state index is 12.5. The Bertz CT molecular complexity index is 538. The van der Waals surface area contributed by atoms with Gasteiger partial charge in [-0.3, -0.25) is 9.59 Å². The van der Waals surface area contributed by atoms with Crippen molar-refractivity contribution in [3.05, 3.63) is 27.5 Å². The standard InChI is InChI=1S/C13H15BrClN3O2/c1-9(19)17-3-2-4-18(6-5-17)13(20)11-7-10(14)8-16-12(11)15/h7-8H,2-6H2,1H3. The summed E-state index contributed by atoms with van der Waals surface area (Å²) in [6.07, 6.45) is 2.32. The number of carbonyl (C=O) groups excluding carboxylic acids is 2. The molecule has 5 nitrogen and oxygen atoms in total. The Kier molecular flexibility index (Phi) is 4.99. The maximum absolute atomic E-state index is 12.5. The highest BCUT2D eigenvalue weighted by Crippen LogP contribution is 2.20. The quantitative estimate of drug-likeness (QED) is 0.721. The van der Waals surface area contributed by atoms with Crippen LogP contribution in [-0.4, -0.2) is 52.8 Å². The highest BCUT2D eigenvalue weighted by atomic mass is 79.9. The summed E-state index contributed by atoms with van der Waals surface area (Å²) in [6, 6.07) is 1.67. The van der Waals surface area contributed by atoms with E-state index in [0.717, 1.165) is 6.42 Å². The smallest absolute Gasteiger partial charge is 0.257 e. The molecule has 108 valence electrons. The predicted molar refractivity (Wildman–Crippen MR) is 79.7 cm³/mol.